The first kappa shape index (κ1) is 13.1. The number of hydrogen-bond acceptors (Lipinski definition) is 4. The Kier molecular flexibility index (Phi) is 3.55. The summed E-state index contributed by atoms with van der Waals surface area (Å²) in [7, 11) is 1.31. The molecule has 100 valence electrons. The van der Waals surface area contributed by atoms with Gasteiger partial charge in [0, 0.05) is 5.92 Å². The minimum Gasteiger partial charge on any atom is -0.477 e. The molecule has 0 aromatic heterocycles. The molecule has 0 saturated heterocycles. The van der Waals surface area contributed by atoms with Crippen LogP contribution in [0.2, 0.25) is 0 Å². The number of carbonyl (C=O) groups is 2. The fourth-order valence-corrected chi connectivity index (χ4v) is 2.45. The van der Waals surface area contributed by atoms with Crippen molar-refractivity contribution in [3.63, 3.8) is 0 Å². The molecule has 19 heavy (non-hydrogen) atoms. The zero-order chi connectivity index (χ0) is 14.0. The molecule has 5 nitrogen and oxygen atoms in total. The van der Waals surface area contributed by atoms with Crippen molar-refractivity contribution < 1.29 is 19.4 Å². The third kappa shape index (κ3) is 2.45. The summed E-state index contributed by atoms with van der Waals surface area (Å²) in [6, 6.07) is 7.56. The maximum Gasteiger partial charge on any atom is 0.351 e. The van der Waals surface area contributed by atoms with Gasteiger partial charge in [-0.3, -0.25) is 4.79 Å². The van der Waals surface area contributed by atoms with E-state index in [9.17, 15) is 9.59 Å². The maximum atomic E-state index is 11.5. The molecule has 2 rings (SSSR count). The average molecular weight is 261 g/mol. The van der Waals surface area contributed by atoms with E-state index in [0.29, 0.717) is 12.0 Å². The highest BCUT2D eigenvalue weighted by atomic mass is 16.5. The van der Waals surface area contributed by atoms with E-state index in [-0.39, 0.29) is 24.0 Å². The predicted octanol–water partition coefficient (Wildman–Crippen LogP) is 1.19. The normalized spacial score (nSPS) is 19.7. The van der Waals surface area contributed by atoms with Gasteiger partial charge in [0.1, 0.15) is 5.70 Å². The first-order chi connectivity index (χ1) is 9.04. The number of benzene rings is 1. The molecule has 1 aromatic rings. The molecular formula is C14H15NO4. The lowest BCUT2D eigenvalue weighted by Crippen LogP contribution is -2.17. The van der Waals surface area contributed by atoms with E-state index in [4.69, 9.17) is 10.8 Å². The molecular weight excluding hydrogens is 246 g/mol. The van der Waals surface area contributed by atoms with Crippen molar-refractivity contribution >= 4 is 11.9 Å². The lowest BCUT2D eigenvalue weighted by molar-refractivity contribution is -0.141. The zero-order valence-corrected chi connectivity index (χ0v) is 10.6. The van der Waals surface area contributed by atoms with E-state index in [0.717, 1.165) is 11.1 Å². The van der Waals surface area contributed by atoms with Gasteiger partial charge >= 0.3 is 11.9 Å². The van der Waals surface area contributed by atoms with Crippen LogP contribution in [0.3, 0.4) is 0 Å². The van der Waals surface area contributed by atoms with E-state index in [1.54, 1.807) is 0 Å². The Balaban J connectivity index is 2.45. The fraction of sp³-hybridized carbons (Fsp3) is 0.286. The molecule has 0 fully saturated rings. The average Bonchev–Trinajstić information content (AvgIpc) is 2.76. The number of esters is 1. The monoisotopic (exact) mass is 261 g/mol. The van der Waals surface area contributed by atoms with E-state index in [1.165, 1.54) is 7.11 Å². The summed E-state index contributed by atoms with van der Waals surface area (Å²) in [5.41, 5.74) is 8.00. The van der Waals surface area contributed by atoms with Gasteiger partial charge in [-0.25, -0.2) is 4.79 Å². The van der Waals surface area contributed by atoms with Crippen molar-refractivity contribution in [2.24, 2.45) is 5.73 Å². The Bertz CT molecular complexity index is 562. The van der Waals surface area contributed by atoms with Crippen LogP contribution >= 0.6 is 0 Å². The predicted molar refractivity (Wildman–Crippen MR) is 68.4 cm³/mol. The molecule has 0 aliphatic heterocycles. The highest BCUT2D eigenvalue weighted by molar-refractivity contribution is 5.87. The summed E-state index contributed by atoms with van der Waals surface area (Å²) >= 11 is 0. The first-order valence-corrected chi connectivity index (χ1v) is 5.91. The summed E-state index contributed by atoms with van der Waals surface area (Å²) in [5, 5.41) is 9.03. The highest BCUT2D eigenvalue weighted by Gasteiger charge is 2.32. The van der Waals surface area contributed by atoms with E-state index in [2.05, 4.69) is 4.74 Å². The quantitative estimate of drug-likeness (QED) is 0.630. The van der Waals surface area contributed by atoms with Crippen LogP contribution < -0.4 is 5.73 Å². The topological polar surface area (TPSA) is 89.6 Å². The molecule has 0 bridgehead atoms. The highest BCUT2D eigenvalue weighted by Crippen LogP contribution is 2.40. The van der Waals surface area contributed by atoms with Gasteiger partial charge in [0.2, 0.25) is 0 Å². The number of carbonyl (C=O) groups excluding carboxylic acids is 1. The standard InChI is InChI=1S/C14H15NO4/c1-19-12(16)7-10-9-5-3-2-4-8(9)6-11(10)13(15)14(17)18/h2-5,10H,6-7,15H2,1H3,(H,17,18)/b13-11-. The molecule has 5 heteroatoms. The summed E-state index contributed by atoms with van der Waals surface area (Å²) in [6.45, 7) is 0. The Morgan fingerprint density at radius 3 is 2.74 bits per heavy atom. The molecule has 1 atom stereocenters. The van der Waals surface area contributed by atoms with E-state index in [1.807, 2.05) is 24.3 Å². The first-order valence-electron chi connectivity index (χ1n) is 5.91. The van der Waals surface area contributed by atoms with Gasteiger partial charge in [-0.2, -0.15) is 0 Å². The Morgan fingerprint density at radius 2 is 2.11 bits per heavy atom. The van der Waals surface area contributed by atoms with Gasteiger partial charge in [-0.1, -0.05) is 24.3 Å². The summed E-state index contributed by atoms with van der Waals surface area (Å²) in [5.74, 6) is -1.84. The van der Waals surface area contributed by atoms with Crippen molar-refractivity contribution in [2.75, 3.05) is 7.11 Å². The van der Waals surface area contributed by atoms with Crippen molar-refractivity contribution in [1.29, 1.82) is 0 Å². The SMILES string of the molecule is COC(=O)CC1/C(=C(\N)C(=O)O)Cc2ccccc21. The van der Waals surface area contributed by atoms with Gasteiger partial charge < -0.3 is 15.6 Å². The van der Waals surface area contributed by atoms with Crippen LogP contribution in [-0.4, -0.2) is 24.2 Å². The third-order valence-corrected chi connectivity index (χ3v) is 3.41. The second-order valence-corrected chi connectivity index (χ2v) is 4.45. The molecule has 1 unspecified atom stereocenters. The summed E-state index contributed by atoms with van der Waals surface area (Å²) < 4.78 is 4.67. The minimum absolute atomic E-state index is 0.108. The van der Waals surface area contributed by atoms with Crippen molar-refractivity contribution in [1.82, 2.24) is 0 Å². The molecule has 0 spiro atoms. The minimum atomic E-state index is -1.15. The molecule has 1 aliphatic carbocycles. The van der Waals surface area contributed by atoms with Crippen LogP contribution in [0.25, 0.3) is 0 Å². The van der Waals surface area contributed by atoms with Crippen LogP contribution in [-0.2, 0) is 20.7 Å². The number of hydrogen-bond donors (Lipinski definition) is 2. The second kappa shape index (κ2) is 5.14. The number of rotatable bonds is 3. The zero-order valence-electron chi connectivity index (χ0n) is 10.6. The van der Waals surface area contributed by atoms with E-state index < -0.39 is 5.97 Å². The van der Waals surface area contributed by atoms with E-state index >= 15 is 0 Å². The molecule has 0 saturated carbocycles. The van der Waals surface area contributed by atoms with Gasteiger partial charge in [-0.05, 0) is 23.1 Å². The number of ether oxygens (including phenoxy) is 1. The van der Waals surface area contributed by atoms with Gasteiger partial charge in [0.15, 0.2) is 0 Å². The number of carboxylic acids is 1. The van der Waals surface area contributed by atoms with Crippen molar-refractivity contribution in [3.8, 4) is 0 Å². The lowest BCUT2D eigenvalue weighted by Gasteiger charge is -2.13. The van der Waals surface area contributed by atoms with Crippen molar-refractivity contribution in [3.05, 3.63) is 46.7 Å². The van der Waals surface area contributed by atoms with Crippen LogP contribution in [0.4, 0.5) is 0 Å². The van der Waals surface area contributed by atoms with Crippen LogP contribution in [0.5, 0.6) is 0 Å². The van der Waals surface area contributed by atoms with Crippen LogP contribution in [0, 0.1) is 0 Å². The van der Waals surface area contributed by atoms with Crippen LogP contribution in [0.15, 0.2) is 35.5 Å². The van der Waals surface area contributed by atoms with Crippen molar-refractivity contribution in [2.45, 2.75) is 18.8 Å². The number of allylic oxidation sites excluding steroid dienone is 1. The summed E-state index contributed by atoms with van der Waals surface area (Å²) in [6.07, 6.45) is 0.576. The molecule has 0 amide bonds. The maximum absolute atomic E-state index is 11.5. The number of methoxy groups -OCH3 is 1. The smallest absolute Gasteiger partial charge is 0.351 e. The Labute approximate surface area is 110 Å². The van der Waals surface area contributed by atoms with Gasteiger partial charge in [0.05, 0.1) is 13.5 Å². The molecule has 0 radical (unpaired) electrons. The Hall–Kier alpha value is -2.30. The summed E-state index contributed by atoms with van der Waals surface area (Å²) in [4.78, 5) is 22.5. The number of nitrogens with two attached hydrogens (primary N) is 1. The number of aliphatic carboxylic acids is 1. The largest absolute Gasteiger partial charge is 0.477 e. The number of carboxylic acid groups (broad SMARTS) is 1. The van der Waals surface area contributed by atoms with Crippen LogP contribution in [0.1, 0.15) is 23.5 Å². The lowest BCUT2D eigenvalue weighted by atomic mass is 9.93. The second-order valence-electron chi connectivity index (χ2n) is 4.45. The Morgan fingerprint density at radius 1 is 1.42 bits per heavy atom. The number of fused-ring (bicyclic) bond motifs is 1. The third-order valence-electron chi connectivity index (χ3n) is 3.41. The molecule has 3 N–H and O–H groups in total. The molecule has 1 aliphatic rings. The molecule has 0 heterocycles. The molecule has 1 aromatic carbocycles. The van der Waals surface area contributed by atoms with Gasteiger partial charge in [-0.15, -0.1) is 0 Å². The fourth-order valence-electron chi connectivity index (χ4n) is 2.45. The van der Waals surface area contributed by atoms with Gasteiger partial charge in [0.25, 0.3) is 0 Å².